The molecule has 0 aliphatic carbocycles. The summed E-state index contributed by atoms with van der Waals surface area (Å²) in [7, 11) is 0. The molecule has 182 valence electrons. The van der Waals surface area contributed by atoms with E-state index in [-0.39, 0.29) is 36.0 Å². The van der Waals surface area contributed by atoms with E-state index in [0.29, 0.717) is 18.7 Å². The lowest BCUT2D eigenvalue weighted by molar-refractivity contribution is -0.139. The summed E-state index contributed by atoms with van der Waals surface area (Å²) >= 11 is 0. The SMILES string of the molecule is O=C([C@@H]1[C@@H](CO)[C@@H]2Cn3c(ccc(-c4ccccc4)c3=O)[C@@H]2N1Cc1cocn1)N1CCCCC1. The lowest BCUT2D eigenvalue weighted by Crippen LogP contribution is -2.51. The maximum absolute atomic E-state index is 13.8. The minimum Gasteiger partial charge on any atom is -0.451 e. The number of fused-ring (bicyclic) bond motifs is 3. The first-order chi connectivity index (χ1) is 17.2. The van der Waals surface area contributed by atoms with E-state index in [1.54, 1.807) is 6.26 Å². The fraction of sp³-hybridized carbons (Fsp3) is 0.444. The van der Waals surface area contributed by atoms with Gasteiger partial charge in [0.15, 0.2) is 6.39 Å². The Morgan fingerprint density at radius 1 is 1.09 bits per heavy atom. The second-order valence-corrected chi connectivity index (χ2v) is 9.89. The third-order valence-electron chi connectivity index (χ3n) is 8.02. The molecule has 5 heterocycles. The number of piperidine rings is 1. The third-order valence-corrected chi connectivity index (χ3v) is 8.02. The number of amides is 1. The van der Waals surface area contributed by atoms with Crippen LogP contribution in [-0.2, 0) is 17.9 Å². The Morgan fingerprint density at radius 2 is 1.89 bits per heavy atom. The molecule has 1 amide bonds. The molecule has 0 bridgehead atoms. The van der Waals surface area contributed by atoms with Gasteiger partial charge in [-0.15, -0.1) is 0 Å². The molecule has 2 aromatic heterocycles. The second-order valence-electron chi connectivity index (χ2n) is 9.89. The Balaban J connectivity index is 1.41. The molecule has 0 radical (unpaired) electrons. The molecule has 1 N–H and O–H groups in total. The molecule has 6 rings (SSSR count). The largest absolute Gasteiger partial charge is 0.451 e. The molecule has 4 atom stereocenters. The summed E-state index contributed by atoms with van der Waals surface area (Å²) in [6, 6.07) is 13.0. The molecule has 35 heavy (non-hydrogen) atoms. The van der Waals surface area contributed by atoms with Crippen molar-refractivity contribution in [3.63, 3.8) is 0 Å². The topological polar surface area (TPSA) is 91.8 Å². The lowest BCUT2D eigenvalue weighted by Gasteiger charge is -2.35. The number of aliphatic hydroxyl groups is 1. The Morgan fingerprint density at radius 3 is 2.60 bits per heavy atom. The normalized spacial score (nSPS) is 26.0. The molecular formula is C27H30N4O4. The van der Waals surface area contributed by atoms with Gasteiger partial charge in [0.05, 0.1) is 17.8 Å². The number of rotatable bonds is 5. The van der Waals surface area contributed by atoms with Gasteiger partial charge in [-0.3, -0.25) is 14.5 Å². The highest BCUT2D eigenvalue weighted by Gasteiger charge is 2.56. The summed E-state index contributed by atoms with van der Waals surface area (Å²) in [6.45, 7) is 2.33. The number of aromatic nitrogens is 2. The number of carbonyl (C=O) groups is 1. The Bertz CT molecular complexity index is 1250. The van der Waals surface area contributed by atoms with Crippen LogP contribution in [0.15, 0.2) is 64.3 Å². The van der Waals surface area contributed by atoms with Crippen molar-refractivity contribution in [2.24, 2.45) is 11.8 Å². The summed E-state index contributed by atoms with van der Waals surface area (Å²) in [4.78, 5) is 35.8. The van der Waals surface area contributed by atoms with Crippen molar-refractivity contribution in [2.45, 2.75) is 44.4 Å². The van der Waals surface area contributed by atoms with Crippen LogP contribution in [0.2, 0.25) is 0 Å². The van der Waals surface area contributed by atoms with Gasteiger partial charge in [-0.25, -0.2) is 4.98 Å². The van der Waals surface area contributed by atoms with E-state index in [9.17, 15) is 14.7 Å². The van der Waals surface area contributed by atoms with E-state index in [1.807, 2.05) is 51.9 Å². The minimum absolute atomic E-state index is 0.0277. The number of hydrogen-bond donors (Lipinski definition) is 1. The summed E-state index contributed by atoms with van der Waals surface area (Å²) in [6.07, 6.45) is 6.17. The maximum atomic E-state index is 13.8. The number of oxazole rings is 1. The fourth-order valence-electron chi connectivity index (χ4n) is 6.41. The Hall–Kier alpha value is -3.23. The summed E-state index contributed by atoms with van der Waals surface area (Å²) < 4.78 is 7.06. The zero-order chi connectivity index (χ0) is 23.9. The van der Waals surface area contributed by atoms with Crippen molar-refractivity contribution < 1.29 is 14.3 Å². The predicted molar refractivity (Wildman–Crippen MR) is 129 cm³/mol. The number of aliphatic hydroxyl groups excluding tert-OH is 1. The summed E-state index contributed by atoms with van der Waals surface area (Å²) in [5, 5.41) is 10.5. The quantitative estimate of drug-likeness (QED) is 0.611. The van der Waals surface area contributed by atoms with Gasteiger partial charge in [0.2, 0.25) is 5.91 Å². The van der Waals surface area contributed by atoms with E-state index >= 15 is 0 Å². The van der Waals surface area contributed by atoms with Gasteiger partial charge < -0.3 is 19.0 Å². The van der Waals surface area contributed by atoms with Gasteiger partial charge >= 0.3 is 0 Å². The highest BCUT2D eigenvalue weighted by Crippen LogP contribution is 2.50. The average molecular weight is 475 g/mol. The number of likely N-dealkylation sites (tertiary alicyclic amines) is 2. The van der Waals surface area contributed by atoms with Crippen LogP contribution in [0.5, 0.6) is 0 Å². The molecule has 3 aromatic rings. The van der Waals surface area contributed by atoms with Crippen LogP contribution in [0.3, 0.4) is 0 Å². The van der Waals surface area contributed by atoms with Crippen molar-refractivity contribution in [1.82, 2.24) is 19.4 Å². The van der Waals surface area contributed by atoms with E-state index in [2.05, 4.69) is 9.88 Å². The van der Waals surface area contributed by atoms with Crippen LogP contribution in [-0.4, -0.2) is 56.1 Å². The van der Waals surface area contributed by atoms with Crippen LogP contribution in [0.25, 0.3) is 11.1 Å². The van der Waals surface area contributed by atoms with E-state index in [0.717, 1.165) is 49.3 Å². The molecule has 8 nitrogen and oxygen atoms in total. The van der Waals surface area contributed by atoms with E-state index < -0.39 is 6.04 Å². The van der Waals surface area contributed by atoms with E-state index in [4.69, 9.17) is 4.42 Å². The Kier molecular flexibility index (Phi) is 5.78. The molecular weight excluding hydrogens is 444 g/mol. The van der Waals surface area contributed by atoms with E-state index in [1.165, 1.54) is 6.39 Å². The lowest BCUT2D eigenvalue weighted by atomic mass is 9.88. The van der Waals surface area contributed by atoms with Crippen molar-refractivity contribution in [2.75, 3.05) is 19.7 Å². The zero-order valence-corrected chi connectivity index (χ0v) is 19.6. The predicted octanol–water partition coefficient (Wildman–Crippen LogP) is 2.68. The first kappa shape index (κ1) is 22.2. The smallest absolute Gasteiger partial charge is 0.258 e. The number of carbonyl (C=O) groups excluding carboxylic acids is 1. The number of pyridine rings is 1. The van der Waals surface area contributed by atoms with Crippen molar-refractivity contribution >= 4 is 5.91 Å². The third kappa shape index (κ3) is 3.72. The zero-order valence-electron chi connectivity index (χ0n) is 19.6. The number of benzene rings is 1. The summed E-state index contributed by atoms with van der Waals surface area (Å²) in [5.41, 5.74) is 3.16. The monoisotopic (exact) mass is 474 g/mol. The van der Waals surface area contributed by atoms with Gasteiger partial charge in [0.1, 0.15) is 6.26 Å². The molecule has 0 unspecified atom stereocenters. The van der Waals surface area contributed by atoms with Crippen LogP contribution in [0.1, 0.15) is 36.7 Å². The second kappa shape index (κ2) is 9.09. The minimum atomic E-state index is -0.456. The molecule has 0 saturated carbocycles. The van der Waals surface area contributed by atoms with Gasteiger partial charge in [0, 0.05) is 55.9 Å². The maximum Gasteiger partial charge on any atom is 0.258 e. The molecule has 3 aliphatic heterocycles. The van der Waals surface area contributed by atoms with Gasteiger partial charge in [0.25, 0.3) is 5.56 Å². The molecule has 2 saturated heterocycles. The fourth-order valence-corrected chi connectivity index (χ4v) is 6.41. The van der Waals surface area contributed by atoms with Gasteiger partial charge in [-0.2, -0.15) is 0 Å². The van der Waals surface area contributed by atoms with Crippen molar-refractivity contribution in [3.8, 4) is 11.1 Å². The van der Waals surface area contributed by atoms with Crippen LogP contribution in [0.4, 0.5) is 0 Å². The molecule has 0 spiro atoms. The Labute approximate surface area is 203 Å². The number of nitrogens with zero attached hydrogens (tertiary/aromatic N) is 4. The van der Waals surface area contributed by atoms with Crippen LogP contribution in [0, 0.1) is 11.8 Å². The van der Waals surface area contributed by atoms with Gasteiger partial charge in [-0.1, -0.05) is 30.3 Å². The first-order valence-corrected chi connectivity index (χ1v) is 12.5. The van der Waals surface area contributed by atoms with Crippen LogP contribution >= 0.6 is 0 Å². The highest BCUT2D eigenvalue weighted by molar-refractivity contribution is 5.83. The standard InChI is InChI=1S/C27H30N4O4/c32-15-22-21-14-30-23(10-9-20(26(30)33)18-7-3-1-4-8-18)24(21)31(13-19-16-35-17-28-19)25(22)27(34)29-11-5-2-6-12-29/h1,3-4,7-10,16-17,21-22,24-25,32H,2,5-6,11-15H2/t21-,22-,24+,25-/m0/s1. The van der Waals surface area contributed by atoms with Crippen molar-refractivity contribution in [1.29, 1.82) is 0 Å². The highest BCUT2D eigenvalue weighted by atomic mass is 16.3. The molecule has 8 heteroatoms. The van der Waals surface area contributed by atoms with Crippen LogP contribution < -0.4 is 5.56 Å². The average Bonchev–Trinajstić information content (AvgIpc) is 3.61. The van der Waals surface area contributed by atoms with Crippen molar-refractivity contribution in [3.05, 3.63) is 76.9 Å². The van der Waals surface area contributed by atoms with Gasteiger partial charge in [-0.05, 0) is 37.0 Å². The molecule has 3 aliphatic rings. The number of hydrogen-bond acceptors (Lipinski definition) is 6. The molecule has 2 fully saturated rings. The first-order valence-electron chi connectivity index (χ1n) is 12.5. The molecule has 1 aromatic carbocycles. The summed E-state index contributed by atoms with van der Waals surface area (Å²) in [5.74, 6) is -0.221.